The molecule has 16 heavy (non-hydrogen) atoms. The lowest BCUT2D eigenvalue weighted by atomic mass is 10.0. The Hall–Kier alpha value is -1.14. The van der Waals surface area contributed by atoms with Gasteiger partial charge in [-0.05, 0) is 28.1 Å². The zero-order valence-corrected chi connectivity index (χ0v) is 10.1. The Morgan fingerprint density at radius 2 is 2.31 bits per heavy atom. The molecule has 1 aromatic rings. The molecule has 4 nitrogen and oxygen atoms in total. The summed E-state index contributed by atoms with van der Waals surface area (Å²) in [5.41, 5.74) is 5.69. The summed E-state index contributed by atoms with van der Waals surface area (Å²) in [6.45, 7) is 0. The molecule has 0 radical (unpaired) electrons. The van der Waals surface area contributed by atoms with Crippen molar-refractivity contribution in [1.29, 1.82) is 0 Å². The topological polar surface area (TPSA) is 72.5 Å². The van der Waals surface area contributed by atoms with Crippen LogP contribution in [0.2, 0.25) is 0 Å². The van der Waals surface area contributed by atoms with E-state index in [1.807, 2.05) is 0 Å². The fraction of sp³-hybridized carbons (Fsp3) is 0.300. The summed E-state index contributed by atoms with van der Waals surface area (Å²) >= 11 is 3.01. The predicted molar refractivity (Wildman–Crippen MR) is 59.8 cm³/mol. The van der Waals surface area contributed by atoms with Gasteiger partial charge in [-0.1, -0.05) is 0 Å². The SMILES string of the molecule is COc1ccc(Br)c(F)c1C(N)CC(=O)O. The fourth-order valence-electron chi connectivity index (χ4n) is 1.36. The molecule has 0 saturated carbocycles. The van der Waals surface area contributed by atoms with E-state index in [4.69, 9.17) is 15.6 Å². The summed E-state index contributed by atoms with van der Waals surface area (Å²) in [5, 5.41) is 8.61. The van der Waals surface area contributed by atoms with Gasteiger partial charge in [0.05, 0.1) is 18.0 Å². The van der Waals surface area contributed by atoms with Crippen LogP contribution < -0.4 is 10.5 Å². The van der Waals surface area contributed by atoms with Crippen LogP contribution in [0.1, 0.15) is 18.0 Å². The smallest absolute Gasteiger partial charge is 0.305 e. The lowest BCUT2D eigenvalue weighted by molar-refractivity contribution is -0.137. The monoisotopic (exact) mass is 291 g/mol. The van der Waals surface area contributed by atoms with Gasteiger partial charge in [0, 0.05) is 11.6 Å². The highest BCUT2D eigenvalue weighted by atomic mass is 79.9. The number of carboxylic acids is 1. The van der Waals surface area contributed by atoms with Gasteiger partial charge in [0.2, 0.25) is 0 Å². The molecule has 0 aliphatic heterocycles. The maximum Gasteiger partial charge on any atom is 0.305 e. The summed E-state index contributed by atoms with van der Waals surface area (Å²) < 4.78 is 18.9. The van der Waals surface area contributed by atoms with Crippen LogP contribution in [0.25, 0.3) is 0 Å². The molecule has 0 saturated heterocycles. The third-order valence-electron chi connectivity index (χ3n) is 2.08. The van der Waals surface area contributed by atoms with Gasteiger partial charge >= 0.3 is 5.97 Å². The molecule has 0 fully saturated rings. The largest absolute Gasteiger partial charge is 0.496 e. The first-order chi connectivity index (χ1) is 7.47. The van der Waals surface area contributed by atoms with Crippen LogP contribution in [0, 0.1) is 5.82 Å². The zero-order chi connectivity index (χ0) is 12.3. The van der Waals surface area contributed by atoms with E-state index >= 15 is 0 Å². The van der Waals surface area contributed by atoms with Crippen molar-refractivity contribution in [2.75, 3.05) is 7.11 Å². The number of nitrogens with two attached hydrogens (primary N) is 1. The molecule has 0 spiro atoms. The van der Waals surface area contributed by atoms with Crippen molar-refractivity contribution in [3.05, 3.63) is 28.0 Å². The van der Waals surface area contributed by atoms with Crippen molar-refractivity contribution in [3.63, 3.8) is 0 Å². The minimum Gasteiger partial charge on any atom is -0.496 e. The molecule has 1 rings (SSSR count). The molecule has 1 unspecified atom stereocenters. The summed E-state index contributed by atoms with van der Waals surface area (Å²) in [6.07, 6.45) is -0.357. The number of benzene rings is 1. The lowest BCUT2D eigenvalue weighted by Crippen LogP contribution is -2.17. The second kappa shape index (κ2) is 5.27. The van der Waals surface area contributed by atoms with Crippen LogP contribution >= 0.6 is 15.9 Å². The van der Waals surface area contributed by atoms with Crippen molar-refractivity contribution in [2.45, 2.75) is 12.5 Å². The van der Waals surface area contributed by atoms with Gasteiger partial charge in [-0.15, -0.1) is 0 Å². The number of rotatable bonds is 4. The second-order valence-electron chi connectivity index (χ2n) is 3.18. The summed E-state index contributed by atoms with van der Waals surface area (Å²) in [7, 11) is 1.37. The first-order valence-corrected chi connectivity index (χ1v) is 5.26. The lowest BCUT2D eigenvalue weighted by Gasteiger charge is -2.15. The normalized spacial score (nSPS) is 12.2. The molecule has 0 heterocycles. The standard InChI is InChI=1S/C10H11BrFNO3/c1-16-7-3-2-5(11)10(12)9(7)6(13)4-8(14)15/h2-3,6H,4,13H2,1H3,(H,14,15). The van der Waals surface area contributed by atoms with Crippen molar-refractivity contribution in [1.82, 2.24) is 0 Å². The number of aliphatic carboxylic acids is 1. The highest BCUT2D eigenvalue weighted by Crippen LogP contribution is 2.32. The highest BCUT2D eigenvalue weighted by Gasteiger charge is 2.21. The molecule has 0 bridgehead atoms. The van der Waals surface area contributed by atoms with E-state index in [0.29, 0.717) is 0 Å². The number of methoxy groups -OCH3 is 1. The average molecular weight is 292 g/mol. The quantitative estimate of drug-likeness (QED) is 0.891. The minimum absolute atomic E-state index is 0.0688. The molecular weight excluding hydrogens is 281 g/mol. The number of hydrogen-bond donors (Lipinski definition) is 2. The number of ether oxygens (including phenoxy) is 1. The van der Waals surface area contributed by atoms with Crippen LogP contribution in [-0.4, -0.2) is 18.2 Å². The van der Waals surface area contributed by atoms with E-state index in [0.717, 1.165) is 0 Å². The van der Waals surface area contributed by atoms with Crippen molar-refractivity contribution in [2.24, 2.45) is 5.73 Å². The van der Waals surface area contributed by atoms with Gasteiger partial charge < -0.3 is 15.6 Å². The Bertz CT molecular complexity index is 411. The van der Waals surface area contributed by atoms with E-state index < -0.39 is 17.8 Å². The molecule has 6 heteroatoms. The van der Waals surface area contributed by atoms with Gasteiger partial charge in [-0.25, -0.2) is 4.39 Å². The summed E-state index contributed by atoms with van der Waals surface area (Å²) in [4.78, 5) is 10.5. The number of carbonyl (C=O) groups is 1. The molecule has 0 aliphatic carbocycles. The van der Waals surface area contributed by atoms with Crippen LogP contribution in [0.5, 0.6) is 5.75 Å². The van der Waals surface area contributed by atoms with Crippen molar-refractivity contribution < 1.29 is 19.0 Å². The van der Waals surface area contributed by atoms with E-state index in [9.17, 15) is 9.18 Å². The van der Waals surface area contributed by atoms with Crippen molar-refractivity contribution >= 4 is 21.9 Å². The Balaban J connectivity index is 3.18. The first kappa shape index (κ1) is 12.9. The van der Waals surface area contributed by atoms with Gasteiger partial charge in [0.1, 0.15) is 11.6 Å². The van der Waals surface area contributed by atoms with Crippen LogP contribution in [0.4, 0.5) is 4.39 Å². The van der Waals surface area contributed by atoms with Gasteiger partial charge in [0.15, 0.2) is 0 Å². The van der Waals surface area contributed by atoms with E-state index in [1.54, 1.807) is 0 Å². The Morgan fingerprint density at radius 3 is 2.81 bits per heavy atom. The Morgan fingerprint density at radius 1 is 1.69 bits per heavy atom. The average Bonchev–Trinajstić information content (AvgIpc) is 2.20. The second-order valence-corrected chi connectivity index (χ2v) is 4.04. The summed E-state index contributed by atoms with van der Waals surface area (Å²) in [5.74, 6) is -1.43. The molecule has 0 aromatic heterocycles. The molecule has 88 valence electrons. The fourth-order valence-corrected chi connectivity index (χ4v) is 1.71. The molecule has 0 amide bonds. The maximum absolute atomic E-state index is 13.8. The first-order valence-electron chi connectivity index (χ1n) is 4.46. The van der Waals surface area contributed by atoms with Crippen LogP contribution in [0.3, 0.4) is 0 Å². The Labute approximate surface area is 100 Å². The maximum atomic E-state index is 13.8. The van der Waals surface area contributed by atoms with Crippen molar-refractivity contribution in [3.8, 4) is 5.75 Å². The Kier molecular flexibility index (Phi) is 4.26. The predicted octanol–water partition coefficient (Wildman–Crippen LogP) is 2.07. The van der Waals surface area contributed by atoms with Crippen LogP contribution in [-0.2, 0) is 4.79 Å². The van der Waals surface area contributed by atoms with E-state index in [2.05, 4.69) is 15.9 Å². The van der Waals surface area contributed by atoms with Crippen LogP contribution in [0.15, 0.2) is 16.6 Å². The van der Waals surface area contributed by atoms with Gasteiger partial charge in [-0.2, -0.15) is 0 Å². The number of hydrogen-bond acceptors (Lipinski definition) is 3. The van der Waals surface area contributed by atoms with E-state index in [1.165, 1.54) is 19.2 Å². The number of carboxylic acid groups (broad SMARTS) is 1. The molecule has 0 aliphatic rings. The van der Waals surface area contributed by atoms with E-state index in [-0.39, 0.29) is 22.2 Å². The summed E-state index contributed by atoms with van der Waals surface area (Å²) in [6, 6.07) is 2.07. The third-order valence-corrected chi connectivity index (χ3v) is 2.69. The molecule has 1 aromatic carbocycles. The molecular formula is C10H11BrFNO3. The molecule has 3 N–H and O–H groups in total. The highest BCUT2D eigenvalue weighted by molar-refractivity contribution is 9.10. The third kappa shape index (κ3) is 2.70. The zero-order valence-electron chi connectivity index (χ0n) is 8.54. The minimum atomic E-state index is -1.09. The molecule has 1 atom stereocenters. The van der Waals surface area contributed by atoms with Gasteiger partial charge in [0.25, 0.3) is 0 Å². The van der Waals surface area contributed by atoms with Gasteiger partial charge in [-0.3, -0.25) is 4.79 Å². The number of halogens is 2.